The van der Waals surface area contributed by atoms with E-state index in [1.807, 2.05) is 0 Å². The van der Waals surface area contributed by atoms with Crippen LogP contribution in [0, 0.1) is 21.7 Å². The Balaban J connectivity index is 2.56. The Labute approximate surface area is 100 Å². The normalized spacial score (nSPS) is 19.4. The zero-order valence-electron chi connectivity index (χ0n) is 9.10. The summed E-state index contributed by atoms with van der Waals surface area (Å²) in [6.07, 6.45) is -0.0199. The fraction of sp³-hybridized carbons (Fsp3) is 0.300. The molecule has 0 aliphatic carbocycles. The lowest BCUT2D eigenvalue weighted by molar-refractivity contribution is -0.384. The highest BCUT2D eigenvalue weighted by Gasteiger charge is 2.35. The number of nitrogens with two attached hydrogens (primary N) is 1. The number of carbonyl (C=O) groups is 1. The van der Waals surface area contributed by atoms with E-state index in [1.54, 1.807) is 0 Å². The van der Waals surface area contributed by atoms with Gasteiger partial charge < -0.3 is 10.6 Å². The number of hydrogen-bond donors (Lipinski definition) is 1. The number of rotatable bonds is 2. The van der Waals surface area contributed by atoms with Crippen LogP contribution in [0.5, 0.6) is 0 Å². The third kappa shape index (κ3) is 2.02. The maximum absolute atomic E-state index is 13.6. The smallest absolute Gasteiger partial charge is 0.298 e. The fourth-order valence-corrected chi connectivity index (χ4v) is 1.91. The molecule has 1 unspecified atom stereocenters. The molecule has 1 heterocycles. The number of hydrogen-bond acceptors (Lipinski definition) is 4. The van der Waals surface area contributed by atoms with Crippen molar-refractivity contribution < 1.29 is 18.5 Å². The van der Waals surface area contributed by atoms with E-state index in [9.17, 15) is 23.7 Å². The lowest BCUT2D eigenvalue weighted by Crippen LogP contribution is -2.29. The van der Waals surface area contributed by atoms with Crippen LogP contribution in [-0.2, 0) is 4.79 Å². The number of halogens is 2. The lowest BCUT2D eigenvalue weighted by Gasteiger charge is -2.16. The monoisotopic (exact) mass is 257 g/mol. The van der Waals surface area contributed by atoms with Crippen LogP contribution in [0.15, 0.2) is 12.1 Å². The van der Waals surface area contributed by atoms with Gasteiger partial charge in [0.15, 0.2) is 11.5 Å². The van der Waals surface area contributed by atoms with Gasteiger partial charge in [-0.2, -0.15) is 0 Å². The predicted molar refractivity (Wildman–Crippen MR) is 58.0 cm³/mol. The molecule has 0 bridgehead atoms. The van der Waals surface area contributed by atoms with Crippen molar-refractivity contribution in [3.05, 3.63) is 33.9 Å². The number of benzene rings is 1. The van der Waals surface area contributed by atoms with Gasteiger partial charge in [0.25, 0.3) is 5.69 Å². The molecule has 8 heteroatoms. The summed E-state index contributed by atoms with van der Waals surface area (Å²) in [5.74, 6) is -2.74. The minimum Gasteiger partial charge on any atom is -0.326 e. The van der Waals surface area contributed by atoms with E-state index in [-0.39, 0.29) is 13.0 Å². The third-order valence-corrected chi connectivity index (χ3v) is 2.63. The zero-order valence-corrected chi connectivity index (χ0v) is 9.10. The highest BCUT2D eigenvalue weighted by Crippen LogP contribution is 2.34. The molecule has 1 saturated heterocycles. The SMILES string of the molecule is NC1CC(=O)N(c2c(F)cc(F)cc2[N+](=O)[O-])C1. The standard InChI is InChI=1S/C10H9F2N3O3/c11-5-1-7(12)10(8(2-5)15(17)18)14-4-6(13)3-9(14)16/h1-2,6H,3-4,13H2. The number of nitrogens with zero attached hydrogens (tertiary/aromatic N) is 2. The Bertz CT molecular complexity index is 535. The molecule has 1 aromatic carbocycles. The van der Waals surface area contributed by atoms with Gasteiger partial charge in [0.2, 0.25) is 5.91 Å². The lowest BCUT2D eigenvalue weighted by atomic mass is 10.2. The van der Waals surface area contributed by atoms with Gasteiger partial charge in [-0.1, -0.05) is 0 Å². The summed E-state index contributed by atoms with van der Waals surface area (Å²) in [5.41, 5.74) is 4.22. The molecule has 1 aromatic rings. The van der Waals surface area contributed by atoms with Crippen molar-refractivity contribution in [3.8, 4) is 0 Å². The van der Waals surface area contributed by atoms with Crippen LogP contribution in [0.1, 0.15) is 6.42 Å². The molecule has 2 N–H and O–H groups in total. The predicted octanol–water partition coefficient (Wildman–Crippen LogP) is 0.937. The number of carbonyl (C=O) groups excluding carboxylic acids is 1. The largest absolute Gasteiger partial charge is 0.326 e. The molecule has 2 rings (SSSR count). The van der Waals surface area contributed by atoms with Crippen molar-refractivity contribution in [2.45, 2.75) is 12.5 Å². The van der Waals surface area contributed by atoms with Crippen LogP contribution in [0.25, 0.3) is 0 Å². The Morgan fingerprint density at radius 2 is 2.11 bits per heavy atom. The van der Waals surface area contributed by atoms with Gasteiger partial charge >= 0.3 is 0 Å². The molecule has 1 atom stereocenters. The summed E-state index contributed by atoms with van der Waals surface area (Å²) >= 11 is 0. The van der Waals surface area contributed by atoms with E-state index >= 15 is 0 Å². The summed E-state index contributed by atoms with van der Waals surface area (Å²) in [6, 6.07) is 0.566. The van der Waals surface area contributed by atoms with Gasteiger partial charge in [-0.15, -0.1) is 0 Å². The highest BCUT2D eigenvalue weighted by molar-refractivity contribution is 5.98. The zero-order chi connectivity index (χ0) is 13.4. The van der Waals surface area contributed by atoms with Gasteiger partial charge in [-0.05, 0) is 0 Å². The van der Waals surface area contributed by atoms with Crippen LogP contribution < -0.4 is 10.6 Å². The molecule has 1 aliphatic heterocycles. The van der Waals surface area contributed by atoms with Gasteiger partial charge in [0, 0.05) is 25.1 Å². The van der Waals surface area contributed by atoms with E-state index in [1.165, 1.54) is 0 Å². The van der Waals surface area contributed by atoms with E-state index in [2.05, 4.69) is 0 Å². The average Bonchev–Trinajstić information content (AvgIpc) is 2.56. The van der Waals surface area contributed by atoms with Crippen molar-refractivity contribution in [1.82, 2.24) is 0 Å². The van der Waals surface area contributed by atoms with Crippen LogP contribution in [0.4, 0.5) is 20.2 Å². The molecule has 0 radical (unpaired) electrons. The summed E-state index contributed by atoms with van der Waals surface area (Å²) in [4.78, 5) is 22.3. The maximum Gasteiger partial charge on any atom is 0.298 e. The Morgan fingerprint density at radius 1 is 1.44 bits per heavy atom. The van der Waals surface area contributed by atoms with Crippen molar-refractivity contribution >= 4 is 17.3 Å². The third-order valence-electron chi connectivity index (χ3n) is 2.63. The quantitative estimate of drug-likeness (QED) is 0.630. The number of anilines is 1. The molecule has 18 heavy (non-hydrogen) atoms. The number of amides is 1. The van der Waals surface area contributed by atoms with E-state index in [0.29, 0.717) is 12.1 Å². The van der Waals surface area contributed by atoms with Crippen LogP contribution in [-0.4, -0.2) is 23.4 Å². The molecule has 0 spiro atoms. The van der Waals surface area contributed by atoms with Crippen molar-refractivity contribution in [2.24, 2.45) is 5.73 Å². The van der Waals surface area contributed by atoms with Crippen LogP contribution in [0.2, 0.25) is 0 Å². The second kappa shape index (κ2) is 4.30. The highest BCUT2D eigenvalue weighted by atomic mass is 19.1. The minimum atomic E-state index is -1.15. The van der Waals surface area contributed by atoms with Gasteiger partial charge in [-0.25, -0.2) is 8.78 Å². The van der Waals surface area contributed by atoms with Crippen molar-refractivity contribution in [2.75, 3.05) is 11.4 Å². The Hall–Kier alpha value is -2.09. The Morgan fingerprint density at radius 3 is 2.61 bits per heavy atom. The molecule has 1 aliphatic rings. The fourth-order valence-electron chi connectivity index (χ4n) is 1.91. The molecule has 1 amide bonds. The Kier molecular flexibility index (Phi) is 2.95. The van der Waals surface area contributed by atoms with E-state index in [4.69, 9.17) is 5.73 Å². The van der Waals surface area contributed by atoms with Crippen molar-refractivity contribution in [1.29, 1.82) is 0 Å². The minimum absolute atomic E-state index is 0.0199. The molecule has 1 fully saturated rings. The van der Waals surface area contributed by atoms with Gasteiger partial charge in [0.1, 0.15) is 5.82 Å². The molecular formula is C10H9F2N3O3. The first-order valence-electron chi connectivity index (χ1n) is 5.09. The first-order valence-corrected chi connectivity index (χ1v) is 5.09. The van der Waals surface area contributed by atoms with E-state index < -0.39 is 39.9 Å². The van der Waals surface area contributed by atoms with Gasteiger partial charge in [-0.3, -0.25) is 14.9 Å². The summed E-state index contributed by atoms with van der Waals surface area (Å²) in [6.45, 7) is -0.0256. The van der Waals surface area contributed by atoms with Crippen molar-refractivity contribution in [3.63, 3.8) is 0 Å². The molecule has 6 nitrogen and oxygen atoms in total. The molecular weight excluding hydrogens is 248 g/mol. The maximum atomic E-state index is 13.6. The first-order chi connectivity index (χ1) is 8.40. The molecule has 0 aromatic heterocycles. The van der Waals surface area contributed by atoms with Gasteiger partial charge in [0.05, 0.1) is 11.0 Å². The number of nitro benzene ring substituents is 1. The summed E-state index contributed by atoms with van der Waals surface area (Å²) in [5, 5.41) is 10.8. The average molecular weight is 257 g/mol. The van der Waals surface area contributed by atoms with Crippen LogP contribution >= 0.6 is 0 Å². The first kappa shape index (κ1) is 12.4. The summed E-state index contributed by atoms with van der Waals surface area (Å²) in [7, 11) is 0. The second-order valence-corrected chi connectivity index (χ2v) is 3.98. The topological polar surface area (TPSA) is 89.5 Å². The second-order valence-electron chi connectivity index (χ2n) is 3.98. The molecule has 0 saturated carbocycles. The molecule has 96 valence electrons. The van der Waals surface area contributed by atoms with E-state index in [0.717, 1.165) is 4.90 Å². The summed E-state index contributed by atoms with van der Waals surface area (Å²) < 4.78 is 26.6. The number of nitro groups is 1. The van der Waals surface area contributed by atoms with Crippen LogP contribution in [0.3, 0.4) is 0 Å².